The van der Waals surface area contributed by atoms with Crippen LogP contribution in [0.4, 0.5) is 0 Å². The van der Waals surface area contributed by atoms with Crippen molar-refractivity contribution in [3.8, 4) is 0 Å². The molecule has 1 unspecified atom stereocenters. The molecule has 0 saturated carbocycles. The molecule has 0 spiro atoms. The van der Waals surface area contributed by atoms with Crippen molar-refractivity contribution in [2.24, 2.45) is 0 Å². The Morgan fingerprint density at radius 1 is 1.11 bits per heavy atom. The molecule has 0 fully saturated rings. The minimum atomic E-state index is 1.15. The van der Waals surface area contributed by atoms with E-state index in [0.29, 0.717) is 0 Å². The molecule has 1 atom stereocenters. The molecule has 1 nitrogen and oxygen atoms in total. The third-order valence-electron chi connectivity index (χ3n) is 1.42. The van der Waals surface area contributed by atoms with Gasteiger partial charge < -0.3 is 5.09 Å². The molecule has 0 aromatic heterocycles. The van der Waals surface area contributed by atoms with Crippen LogP contribution in [0.3, 0.4) is 0 Å². The minimum Gasteiger partial charge on any atom is -0.301 e. The summed E-state index contributed by atoms with van der Waals surface area (Å²) in [5.41, 5.74) is 0. The third kappa shape index (κ3) is 8.39. The first-order valence-corrected chi connectivity index (χ1v) is 4.43. The van der Waals surface area contributed by atoms with Crippen molar-refractivity contribution in [3.05, 3.63) is 0 Å². The van der Waals surface area contributed by atoms with Gasteiger partial charge in [0.05, 0.1) is 0 Å². The van der Waals surface area contributed by atoms with Crippen LogP contribution >= 0.6 is 9.39 Å². The van der Waals surface area contributed by atoms with Crippen LogP contribution in [-0.4, -0.2) is 6.54 Å². The average Bonchev–Trinajstić information content (AvgIpc) is 1.89. The first-order chi connectivity index (χ1) is 4.41. The van der Waals surface area contributed by atoms with Gasteiger partial charge in [-0.15, -0.1) is 0 Å². The van der Waals surface area contributed by atoms with Gasteiger partial charge in [-0.05, 0) is 13.0 Å². The topological polar surface area (TPSA) is 12.0 Å². The highest BCUT2D eigenvalue weighted by Crippen LogP contribution is 2.00. The van der Waals surface area contributed by atoms with Crippen LogP contribution in [0.1, 0.15) is 39.0 Å². The number of unbranched alkanes of at least 4 members (excludes halogenated alkanes) is 4. The molecule has 0 bridgehead atoms. The quantitative estimate of drug-likeness (QED) is 0.449. The van der Waals surface area contributed by atoms with Gasteiger partial charge in [0.25, 0.3) is 0 Å². The number of rotatable bonds is 6. The summed E-state index contributed by atoms with van der Waals surface area (Å²) >= 11 is 0. The van der Waals surface area contributed by atoms with E-state index in [1.807, 2.05) is 0 Å². The summed E-state index contributed by atoms with van der Waals surface area (Å²) in [7, 11) is 2.53. The number of hydrogen-bond donors (Lipinski definition) is 1. The van der Waals surface area contributed by atoms with Crippen LogP contribution in [-0.2, 0) is 0 Å². The van der Waals surface area contributed by atoms with Crippen molar-refractivity contribution in [2.75, 3.05) is 6.54 Å². The van der Waals surface area contributed by atoms with E-state index in [4.69, 9.17) is 0 Å². The van der Waals surface area contributed by atoms with Gasteiger partial charge in [-0.3, -0.25) is 0 Å². The molecule has 56 valence electrons. The van der Waals surface area contributed by atoms with E-state index in [2.05, 4.69) is 21.4 Å². The van der Waals surface area contributed by atoms with Gasteiger partial charge in [-0.1, -0.05) is 42.0 Å². The highest BCUT2D eigenvalue weighted by molar-refractivity contribution is 7.13. The predicted molar refractivity (Wildman–Crippen MR) is 46.5 cm³/mol. The molecule has 0 radical (unpaired) electrons. The van der Waals surface area contributed by atoms with Crippen molar-refractivity contribution < 1.29 is 0 Å². The average molecular weight is 147 g/mol. The second-order valence-corrected chi connectivity index (χ2v) is 2.78. The van der Waals surface area contributed by atoms with E-state index in [-0.39, 0.29) is 0 Å². The van der Waals surface area contributed by atoms with Crippen molar-refractivity contribution >= 4 is 9.39 Å². The third-order valence-corrected chi connectivity index (χ3v) is 1.71. The zero-order chi connectivity index (χ0) is 6.95. The molecule has 9 heavy (non-hydrogen) atoms. The summed E-state index contributed by atoms with van der Waals surface area (Å²) in [5, 5.41) is 3.06. The van der Waals surface area contributed by atoms with Crippen molar-refractivity contribution in [3.63, 3.8) is 0 Å². The molecule has 0 rings (SSSR count). The molecule has 2 heteroatoms. The monoisotopic (exact) mass is 147 g/mol. The molecule has 0 aromatic carbocycles. The fraction of sp³-hybridized carbons (Fsp3) is 1.00. The maximum Gasteiger partial charge on any atom is -0.00144 e. The van der Waals surface area contributed by atoms with Gasteiger partial charge in [-0.25, -0.2) is 0 Å². The van der Waals surface area contributed by atoms with Gasteiger partial charge in [0, 0.05) is 0 Å². The maximum atomic E-state index is 3.06. The van der Waals surface area contributed by atoms with Crippen LogP contribution in [0.2, 0.25) is 0 Å². The minimum absolute atomic E-state index is 1.15. The lowest BCUT2D eigenvalue weighted by Gasteiger charge is -1.97. The molecule has 0 aliphatic carbocycles. The Kier molecular flexibility index (Phi) is 8.75. The second-order valence-electron chi connectivity index (χ2n) is 2.37. The van der Waals surface area contributed by atoms with Gasteiger partial charge in [0.1, 0.15) is 0 Å². The second kappa shape index (κ2) is 8.39. The molecule has 0 heterocycles. The van der Waals surface area contributed by atoms with Gasteiger partial charge in [-0.2, -0.15) is 0 Å². The van der Waals surface area contributed by atoms with Crippen LogP contribution in [0.15, 0.2) is 0 Å². The van der Waals surface area contributed by atoms with E-state index >= 15 is 0 Å². The van der Waals surface area contributed by atoms with E-state index < -0.39 is 0 Å². The fourth-order valence-electron chi connectivity index (χ4n) is 0.831. The molecular formula is C7H18NP. The Hall–Kier alpha value is 0.390. The SMILES string of the molecule is CCCCCCCNP. The Balaban J connectivity index is 2.60. The summed E-state index contributed by atoms with van der Waals surface area (Å²) in [5.74, 6) is 0. The molecule has 0 saturated heterocycles. The molecule has 0 amide bonds. The van der Waals surface area contributed by atoms with Crippen LogP contribution in [0.25, 0.3) is 0 Å². The molecule has 0 aliphatic rings. The Labute approximate surface area is 60.9 Å². The number of hydrogen-bond acceptors (Lipinski definition) is 1. The van der Waals surface area contributed by atoms with Crippen LogP contribution in [0, 0.1) is 0 Å². The Bertz CT molecular complexity index is 42.2. The zero-order valence-corrected chi connectivity index (χ0v) is 7.47. The molecular weight excluding hydrogens is 129 g/mol. The zero-order valence-electron chi connectivity index (χ0n) is 6.32. The lowest BCUT2D eigenvalue weighted by Crippen LogP contribution is -1.98. The summed E-state index contributed by atoms with van der Waals surface area (Å²) < 4.78 is 0. The Morgan fingerprint density at radius 3 is 2.33 bits per heavy atom. The van der Waals surface area contributed by atoms with Crippen molar-refractivity contribution in [1.29, 1.82) is 0 Å². The molecule has 0 aliphatic heterocycles. The lowest BCUT2D eigenvalue weighted by molar-refractivity contribution is 0.630. The van der Waals surface area contributed by atoms with E-state index in [1.54, 1.807) is 0 Å². The Morgan fingerprint density at radius 2 is 1.78 bits per heavy atom. The van der Waals surface area contributed by atoms with Crippen LogP contribution in [0.5, 0.6) is 0 Å². The fourth-order valence-corrected chi connectivity index (χ4v) is 1.03. The van der Waals surface area contributed by atoms with E-state index in [9.17, 15) is 0 Å². The van der Waals surface area contributed by atoms with Crippen LogP contribution < -0.4 is 5.09 Å². The highest BCUT2D eigenvalue weighted by Gasteiger charge is 1.85. The van der Waals surface area contributed by atoms with E-state index in [0.717, 1.165) is 6.54 Å². The maximum absolute atomic E-state index is 3.06. The lowest BCUT2D eigenvalue weighted by atomic mass is 10.2. The normalized spacial score (nSPS) is 10.0. The summed E-state index contributed by atoms with van der Waals surface area (Å²) in [4.78, 5) is 0. The molecule has 1 N–H and O–H groups in total. The van der Waals surface area contributed by atoms with E-state index in [1.165, 1.54) is 32.1 Å². The van der Waals surface area contributed by atoms with Gasteiger partial charge in [0.2, 0.25) is 0 Å². The van der Waals surface area contributed by atoms with Crippen molar-refractivity contribution in [2.45, 2.75) is 39.0 Å². The first kappa shape index (κ1) is 9.39. The summed E-state index contributed by atoms with van der Waals surface area (Å²) in [6.45, 7) is 3.39. The molecule has 0 aromatic rings. The predicted octanol–water partition coefficient (Wildman–Crippen LogP) is 2.34. The summed E-state index contributed by atoms with van der Waals surface area (Å²) in [6.07, 6.45) is 6.85. The highest BCUT2D eigenvalue weighted by atomic mass is 31.0. The first-order valence-electron chi connectivity index (χ1n) is 3.85. The largest absolute Gasteiger partial charge is 0.301 e. The van der Waals surface area contributed by atoms with Crippen molar-refractivity contribution in [1.82, 2.24) is 5.09 Å². The number of nitrogens with one attached hydrogen (secondary N) is 1. The smallest absolute Gasteiger partial charge is 0.00144 e. The summed E-state index contributed by atoms with van der Waals surface area (Å²) in [6, 6.07) is 0. The standard InChI is InChI=1S/C7H18NP/c1-2-3-4-5-6-7-8-9/h8H,2-7,9H2,1H3. The van der Waals surface area contributed by atoms with Gasteiger partial charge >= 0.3 is 0 Å². The van der Waals surface area contributed by atoms with Gasteiger partial charge in [0.15, 0.2) is 0 Å².